The Hall–Kier alpha value is -1.15. The van der Waals surface area contributed by atoms with E-state index in [0.29, 0.717) is 0 Å². The number of rotatable bonds is 1. The van der Waals surface area contributed by atoms with E-state index in [-0.39, 0.29) is 6.04 Å². The van der Waals surface area contributed by atoms with Gasteiger partial charge in [-0.3, -0.25) is 0 Å². The van der Waals surface area contributed by atoms with Gasteiger partial charge in [0.05, 0.1) is 6.04 Å². The lowest BCUT2D eigenvalue weighted by Gasteiger charge is -2.30. The molecule has 2 rings (SSSR count). The predicted molar refractivity (Wildman–Crippen MR) is 54.8 cm³/mol. The Balaban J connectivity index is 2.34. The van der Waals surface area contributed by atoms with E-state index in [9.17, 15) is 0 Å². The van der Waals surface area contributed by atoms with E-state index in [1.165, 1.54) is 5.70 Å². The normalized spacial score (nSPS) is 25.2. The van der Waals surface area contributed by atoms with Crippen LogP contribution in [0.5, 0.6) is 0 Å². The molecular weight excluding hydrogens is 166 g/mol. The number of hydrogen-bond donors (Lipinski definition) is 0. The Morgan fingerprint density at radius 1 is 1.33 bits per heavy atom. The maximum Gasteiger partial charge on any atom is 0.0805 e. The molecule has 12 heavy (non-hydrogen) atoms. The first-order chi connectivity index (χ1) is 5.92. The summed E-state index contributed by atoms with van der Waals surface area (Å²) in [4.78, 5) is 2.15. The largest absolute Gasteiger partial charge is 0.337 e. The standard InChI is InChI=1S/C10H9NS/c12-8-10-6-3-5-9-4-1-2-7-11(9)10/h1-8,10H. The summed E-state index contributed by atoms with van der Waals surface area (Å²) in [7, 11) is 0. The van der Waals surface area contributed by atoms with Crippen LogP contribution < -0.4 is 0 Å². The summed E-state index contributed by atoms with van der Waals surface area (Å²) in [5.41, 5.74) is 1.20. The molecule has 2 aliphatic rings. The monoisotopic (exact) mass is 175 g/mol. The molecule has 0 aliphatic carbocycles. The van der Waals surface area contributed by atoms with Crippen LogP contribution in [0.15, 0.2) is 48.4 Å². The van der Waals surface area contributed by atoms with Gasteiger partial charge in [0.1, 0.15) is 0 Å². The summed E-state index contributed by atoms with van der Waals surface area (Å²) in [5, 5.41) is 1.77. The van der Waals surface area contributed by atoms with Crippen molar-refractivity contribution < 1.29 is 0 Å². The fourth-order valence-electron chi connectivity index (χ4n) is 1.35. The molecule has 0 aromatic rings. The van der Waals surface area contributed by atoms with Crippen molar-refractivity contribution >= 4 is 17.6 Å². The Morgan fingerprint density at radius 3 is 3.08 bits per heavy atom. The second kappa shape index (κ2) is 3.07. The van der Waals surface area contributed by atoms with Crippen LogP contribution in [0.3, 0.4) is 0 Å². The molecule has 0 aromatic heterocycles. The molecule has 0 saturated heterocycles. The minimum Gasteiger partial charge on any atom is -0.337 e. The lowest BCUT2D eigenvalue weighted by atomic mass is 10.1. The van der Waals surface area contributed by atoms with Crippen LogP contribution in [-0.4, -0.2) is 16.3 Å². The third-order valence-corrected chi connectivity index (χ3v) is 2.24. The fourth-order valence-corrected chi connectivity index (χ4v) is 1.58. The quantitative estimate of drug-likeness (QED) is 0.562. The van der Waals surface area contributed by atoms with Gasteiger partial charge in [0.2, 0.25) is 0 Å². The Labute approximate surface area is 77.4 Å². The van der Waals surface area contributed by atoms with E-state index in [0.717, 1.165) is 0 Å². The first-order valence-electron chi connectivity index (χ1n) is 3.89. The van der Waals surface area contributed by atoms with Crippen LogP contribution in [0.4, 0.5) is 0 Å². The molecule has 0 saturated carbocycles. The number of fused-ring (bicyclic) bond motifs is 1. The van der Waals surface area contributed by atoms with Crippen molar-refractivity contribution in [2.24, 2.45) is 0 Å². The Bertz CT molecular complexity index is 310. The number of hydrogen-bond acceptors (Lipinski definition) is 2. The average molecular weight is 175 g/mol. The summed E-state index contributed by atoms with van der Waals surface area (Å²) < 4.78 is 0. The minimum atomic E-state index is 0.237. The molecule has 2 aliphatic heterocycles. The molecule has 0 N–H and O–H groups in total. The highest BCUT2D eigenvalue weighted by Crippen LogP contribution is 2.19. The van der Waals surface area contributed by atoms with E-state index < -0.39 is 0 Å². The van der Waals surface area contributed by atoms with Gasteiger partial charge in [-0.1, -0.05) is 30.4 Å². The SMILES string of the molecule is S=CC1C=CC=C2C=CC=CN21. The smallest absolute Gasteiger partial charge is 0.0805 e. The minimum absolute atomic E-state index is 0.237. The van der Waals surface area contributed by atoms with Gasteiger partial charge in [0.15, 0.2) is 0 Å². The molecule has 0 radical (unpaired) electrons. The highest BCUT2D eigenvalue weighted by Gasteiger charge is 2.15. The zero-order chi connectivity index (χ0) is 8.39. The van der Waals surface area contributed by atoms with Crippen molar-refractivity contribution in [3.63, 3.8) is 0 Å². The predicted octanol–water partition coefficient (Wildman–Crippen LogP) is 2.19. The zero-order valence-electron chi connectivity index (χ0n) is 6.55. The van der Waals surface area contributed by atoms with E-state index in [1.54, 1.807) is 5.37 Å². The highest BCUT2D eigenvalue weighted by atomic mass is 32.1. The van der Waals surface area contributed by atoms with Crippen LogP contribution >= 0.6 is 12.2 Å². The van der Waals surface area contributed by atoms with Crippen LogP contribution in [0.2, 0.25) is 0 Å². The van der Waals surface area contributed by atoms with Gasteiger partial charge in [-0.2, -0.15) is 0 Å². The molecule has 0 spiro atoms. The molecule has 1 atom stereocenters. The highest BCUT2D eigenvalue weighted by molar-refractivity contribution is 7.79. The van der Waals surface area contributed by atoms with Crippen molar-refractivity contribution in [2.75, 3.05) is 0 Å². The molecule has 1 unspecified atom stereocenters. The number of nitrogens with zero attached hydrogens (tertiary/aromatic N) is 1. The van der Waals surface area contributed by atoms with Crippen molar-refractivity contribution in [1.29, 1.82) is 0 Å². The number of thiocarbonyl (C=S) groups is 1. The number of allylic oxidation sites excluding steroid dienone is 5. The molecule has 0 bridgehead atoms. The summed E-state index contributed by atoms with van der Waals surface area (Å²) in [5.74, 6) is 0. The fraction of sp³-hybridized carbons (Fsp3) is 0.100. The first-order valence-corrected chi connectivity index (χ1v) is 4.36. The molecule has 0 fully saturated rings. The van der Waals surface area contributed by atoms with Gasteiger partial charge >= 0.3 is 0 Å². The lowest BCUT2D eigenvalue weighted by molar-refractivity contribution is 0.477. The van der Waals surface area contributed by atoms with Gasteiger partial charge in [-0.05, 0) is 18.2 Å². The molecule has 1 nitrogen and oxygen atoms in total. The van der Waals surface area contributed by atoms with E-state index in [4.69, 9.17) is 12.2 Å². The van der Waals surface area contributed by atoms with E-state index >= 15 is 0 Å². The van der Waals surface area contributed by atoms with Crippen molar-refractivity contribution in [3.8, 4) is 0 Å². The maximum atomic E-state index is 4.94. The van der Waals surface area contributed by atoms with Gasteiger partial charge in [0.25, 0.3) is 0 Å². The van der Waals surface area contributed by atoms with E-state index in [1.807, 2.05) is 24.4 Å². The zero-order valence-corrected chi connectivity index (χ0v) is 7.37. The summed E-state index contributed by atoms with van der Waals surface area (Å²) in [6, 6.07) is 0.237. The molecular formula is C10H9NS. The van der Waals surface area contributed by atoms with Crippen LogP contribution in [0.25, 0.3) is 0 Å². The molecule has 0 amide bonds. The van der Waals surface area contributed by atoms with Crippen LogP contribution in [0, 0.1) is 0 Å². The first kappa shape index (κ1) is 7.50. The van der Waals surface area contributed by atoms with Crippen molar-refractivity contribution in [3.05, 3.63) is 48.4 Å². The second-order valence-corrected chi connectivity index (χ2v) is 2.98. The Morgan fingerprint density at radius 2 is 2.25 bits per heavy atom. The lowest BCUT2D eigenvalue weighted by Crippen LogP contribution is -2.31. The average Bonchev–Trinajstić information content (AvgIpc) is 2.17. The molecule has 2 heteroatoms. The summed E-state index contributed by atoms with van der Waals surface area (Å²) >= 11 is 4.94. The molecule has 2 heterocycles. The van der Waals surface area contributed by atoms with Gasteiger partial charge in [-0.25, -0.2) is 0 Å². The second-order valence-electron chi connectivity index (χ2n) is 2.71. The maximum absolute atomic E-state index is 4.94. The van der Waals surface area contributed by atoms with Crippen molar-refractivity contribution in [1.82, 2.24) is 4.90 Å². The Kier molecular flexibility index (Phi) is 1.92. The van der Waals surface area contributed by atoms with E-state index in [2.05, 4.69) is 23.1 Å². The van der Waals surface area contributed by atoms with Gasteiger partial charge < -0.3 is 4.90 Å². The summed E-state index contributed by atoms with van der Waals surface area (Å²) in [6.45, 7) is 0. The van der Waals surface area contributed by atoms with Crippen molar-refractivity contribution in [2.45, 2.75) is 6.04 Å². The molecule has 60 valence electrons. The third kappa shape index (κ3) is 1.14. The van der Waals surface area contributed by atoms with Gasteiger partial charge in [0, 0.05) is 17.3 Å². The summed E-state index contributed by atoms with van der Waals surface area (Å²) in [6.07, 6.45) is 14.4. The van der Waals surface area contributed by atoms with Crippen LogP contribution in [0.1, 0.15) is 0 Å². The van der Waals surface area contributed by atoms with Crippen LogP contribution in [-0.2, 0) is 0 Å². The topological polar surface area (TPSA) is 3.24 Å². The molecule has 0 aromatic carbocycles. The van der Waals surface area contributed by atoms with Gasteiger partial charge in [-0.15, -0.1) is 0 Å². The third-order valence-electron chi connectivity index (χ3n) is 1.96.